The summed E-state index contributed by atoms with van der Waals surface area (Å²) in [5.74, 6) is 0.509. The lowest BCUT2D eigenvalue weighted by molar-refractivity contribution is 0.961. The number of benzene rings is 1. The highest BCUT2D eigenvalue weighted by molar-refractivity contribution is 5.96. The fourth-order valence-electron chi connectivity index (χ4n) is 2.19. The zero-order valence-electron chi connectivity index (χ0n) is 10.0. The number of nitrogen functional groups attached to an aromatic ring is 1. The Bertz CT molecular complexity index is 742. The van der Waals surface area contributed by atoms with Crippen molar-refractivity contribution in [3.63, 3.8) is 0 Å². The second-order valence-corrected chi connectivity index (χ2v) is 4.28. The first kappa shape index (κ1) is 10.0. The molecular weight excluding hydrogens is 214 g/mol. The second kappa shape index (κ2) is 3.16. The third kappa shape index (κ3) is 1.28. The fraction of sp³-hybridized carbons (Fsp3) is 0.250. The lowest BCUT2D eigenvalue weighted by Crippen LogP contribution is -1.98. The van der Waals surface area contributed by atoms with Crippen LogP contribution in [0.2, 0.25) is 0 Å². The van der Waals surface area contributed by atoms with Gasteiger partial charge in [0.15, 0.2) is 0 Å². The van der Waals surface area contributed by atoms with Crippen molar-refractivity contribution >= 4 is 28.0 Å². The number of imidazole rings is 1. The number of rotatable bonds is 0. The first-order valence-corrected chi connectivity index (χ1v) is 5.43. The monoisotopic (exact) mass is 227 g/mol. The molecule has 2 heterocycles. The normalized spacial score (nSPS) is 11.5. The molecule has 2 aromatic heterocycles. The van der Waals surface area contributed by atoms with Crippen LogP contribution < -0.4 is 5.73 Å². The minimum atomic E-state index is 0.509. The van der Waals surface area contributed by atoms with E-state index in [0.717, 1.165) is 33.3 Å². The van der Waals surface area contributed by atoms with E-state index in [4.69, 9.17) is 5.73 Å². The van der Waals surface area contributed by atoms with E-state index in [2.05, 4.69) is 15.0 Å². The van der Waals surface area contributed by atoms with Gasteiger partial charge in [0.2, 0.25) is 5.95 Å². The van der Waals surface area contributed by atoms with Gasteiger partial charge in [-0.1, -0.05) is 0 Å². The van der Waals surface area contributed by atoms with Gasteiger partial charge in [0.1, 0.15) is 0 Å². The lowest BCUT2D eigenvalue weighted by atomic mass is 10.1. The molecule has 0 amide bonds. The van der Waals surface area contributed by atoms with Crippen molar-refractivity contribution in [1.29, 1.82) is 0 Å². The van der Waals surface area contributed by atoms with Crippen molar-refractivity contribution in [2.75, 3.05) is 5.73 Å². The van der Waals surface area contributed by atoms with E-state index in [-0.39, 0.29) is 0 Å². The topological polar surface area (TPSA) is 69.6 Å². The smallest absolute Gasteiger partial charge is 0.200 e. The molecule has 0 spiro atoms. The summed E-state index contributed by atoms with van der Waals surface area (Å²) in [5.41, 5.74) is 11.5. The van der Waals surface area contributed by atoms with Crippen LogP contribution in [0.5, 0.6) is 0 Å². The molecule has 3 rings (SSSR count). The van der Waals surface area contributed by atoms with Gasteiger partial charge in [0.25, 0.3) is 0 Å². The molecule has 5 nitrogen and oxygen atoms in total. The van der Waals surface area contributed by atoms with Gasteiger partial charge in [0.05, 0.1) is 27.8 Å². The maximum Gasteiger partial charge on any atom is 0.200 e. The van der Waals surface area contributed by atoms with Crippen molar-refractivity contribution in [2.45, 2.75) is 13.8 Å². The molecule has 0 saturated heterocycles. The molecule has 0 saturated carbocycles. The number of aromatic nitrogens is 4. The van der Waals surface area contributed by atoms with Gasteiger partial charge in [-0.25, -0.2) is 9.97 Å². The molecule has 17 heavy (non-hydrogen) atoms. The summed E-state index contributed by atoms with van der Waals surface area (Å²) in [6.45, 7) is 3.97. The minimum absolute atomic E-state index is 0.509. The molecule has 0 aliphatic carbocycles. The summed E-state index contributed by atoms with van der Waals surface area (Å²) in [6.07, 6.45) is 1.76. The predicted octanol–water partition coefficient (Wildman–Crippen LogP) is 1.72. The van der Waals surface area contributed by atoms with Crippen molar-refractivity contribution in [1.82, 2.24) is 19.5 Å². The molecule has 2 N–H and O–H groups in total. The Kier molecular flexibility index (Phi) is 1.86. The third-order valence-corrected chi connectivity index (χ3v) is 3.06. The van der Waals surface area contributed by atoms with E-state index in [0.29, 0.717) is 5.95 Å². The Hall–Kier alpha value is -2.17. The quantitative estimate of drug-likeness (QED) is 0.634. The van der Waals surface area contributed by atoms with Crippen LogP contribution in [0, 0.1) is 13.8 Å². The van der Waals surface area contributed by atoms with Crippen molar-refractivity contribution in [3.05, 3.63) is 23.5 Å². The van der Waals surface area contributed by atoms with Crippen LogP contribution >= 0.6 is 0 Å². The summed E-state index contributed by atoms with van der Waals surface area (Å²) in [4.78, 5) is 13.2. The zero-order valence-corrected chi connectivity index (χ0v) is 10.0. The van der Waals surface area contributed by atoms with Crippen molar-refractivity contribution in [3.8, 4) is 0 Å². The Morgan fingerprint density at radius 1 is 1.18 bits per heavy atom. The van der Waals surface area contributed by atoms with Gasteiger partial charge in [0, 0.05) is 18.8 Å². The van der Waals surface area contributed by atoms with Gasteiger partial charge >= 0.3 is 0 Å². The number of hydrogen-bond donors (Lipinski definition) is 1. The van der Waals surface area contributed by atoms with Crippen LogP contribution in [-0.2, 0) is 7.05 Å². The number of aryl methyl sites for hydroxylation is 3. The SMILES string of the molecule is Cc1cnc2cc3nc(N)n(C)c3c(C)c2n1. The summed E-state index contributed by atoms with van der Waals surface area (Å²) in [6, 6.07) is 1.93. The molecule has 1 aromatic carbocycles. The Morgan fingerprint density at radius 2 is 1.94 bits per heavy atom. The summed E-state index contributed by atoms with van der Waals surface area (Å²) < 4.78 is 1.88. The van der Waals surface area contributed by atoms with E-state index in [1.54, 1.807) is 6.20 Å². The first-order chi connectivity index (χ1) is 8.08. The number of fused-ring (bicyclic) bond motifs is 2. The highest BCUT2D eigenvalue weighted by Crippen LogP contribution is 2.26. The van der Waals surface area contributed by atoms with E-state index in [9.17, 15) is 0 Å². The second-order valence-electron chi connectivity index (χ2n) is 4.28. The average molecular weight is 227 g/mol. The van der Waals surface area contributed by atoms with E-state index >= 15 is 0 Å². The van der Waals surface area contributed by atoms with Gasteiger partial charge < -0.3 is 10.3 Å². The fourth-order valence-corrected chi connectivity index (χ4v) is 2.19. The predicted molar refractivity (Wildman–Crippen MR) is 67.7 cm³/mol. The van der Waals surface area contributed by atoms with Gasteiger partial charge in [-0.15, -0.1) is 0 Å². The van der Waals surface area contributed by atoms with Crippen molar-refractivity contribution < 1.29 is 0 Å². The number of nitrogens with zero attached hydrogens (tertiary/aromatic N) is 4. The van der Waals surface area contributed by atoms with Crippen LogP contribution in [0.25, 0.3) is 22.1 Å². The van der Waals surface area contributed by atoms with Crippen LogP contribution in [-0.4, -0.2) is 19.5 Å². The molecular formula is C12H13N5. The Morgan fingerprint density at radius 3 is 2.71 bits per heavy atom. The summed E-state index contributed by atoms with van der Waals surface area (Å²) in [5, 5.41) is 0. The van der Waals surface area contributed by atoms with Crippen LogP contribution in [0.3, 0.4) is 0 Å². The zero-order chi connectivity index (χ0) is 12.2. The third-order valence-electron chi connectivity index (χ3n) is 3.06. The van der Waals surface area contributed by atoms with Crippen LogP contribution in [0.4, 0.5) is 5.95 Å². The highest BCUT2D eigenvalue weighted by atomic mass is 15.1. The number of nitrogens with two attached hydrogens (primary N) is 1. The number of hydrogen-bond acceptors (Lipinski definition) is 4. The van der Waals surface area contributed by atoms with Gasteiger partial charge in [-0.2, -0.15) is 0 Å². The standard InChI is InChI=1S/C12H13N5/c1-6-5-14-8-4-9-11(7(2)10(8)15-6)17(3)12(13)16-9/h4-5H,1-3H3,(H2,13,16). The molecule has 0 aliphatic rings. The Balaban J connectivity index is 2.58. The molecule has 0 fully saturated rings. The van der Waals surface area contributed by atoms with E-state index in [1.807, 2.05) is 31.5 Å². The molecule has 86 valence electrons. The maximum atomic E-state index is 5.83. The molecule has 0 unspecified atom stereocenters. The first-order valence-electron chi connectivity index (χ1n) is 5.43. The van der Waals surface area contributed by atoms with Gasteiger partial charge in [-0.3, -0.25) is 4.98 Å². The molecule has 5 heteroatoms. The van der Waals surface area contributed by atoms with Crippen molar-refractivity contribution in [2.24, 2.45) is 7.05 Å². The van der Waals surface area contributed by atoms with E-state index in [1.165, 1.54) is 0 Å². The summed E-state index contributed by atoms with van der Waals surface area (Å²) in [7, 11) is 1.91. The minimum Gasteiger partial charge on any atom is -0.369 e. The molecule has 0 aliphatic heterocycles. The molecule has 0 radical (unpaired) electrons. The molecule has 0 bridgehead atoms. The Labute approximate surface area is 98.3 Å². The van der Waals surface area contributed by atoms with Crippen LogP contribution in [0.15, 0.2) is 12.3 Å². The number of anilines is 1. The van der Waals surface area contributed by atoms with E-state index < -0.39 is 0 Å². The van der Waals surface area contributed by atoms with Gasteiger partial charge in [-0.05, 0) is 19.9 Å². The largest absolute Gasteiger partial charge is 0.369 e. The highest BCUT2D eigenvalue weighted by Gasteiger charge is 2.12. The molecule has 0 atom stereocenters. The molecule has 3 aromatic rings. The summed E-state index contributed by atoms with van der Waals surface area (Å²) >= 11 is 0. The lowest BCUT2D eigenvalue weighted by Gasteiger charge is -2.05. The van der Waals surface area contributed by atoms with Crippen LogP contribution in [0.1, 0.15) is 11.3 Å². The average Bonchev–Trinajstić information content (AvgIpc) is 2.57. The maximum absolute atomic E-state index is 5.83.